The standard InChI is InChI=1S/C16H24N4O/c1-18-11-12-20(15-6-3-2-5-14(15)18)16(21)13-19-9-4-7-17-8-10-19/h2-3,5-6,17H,4,7-13H2,1H3. The molecule has 0 aromatic heterocycles. The highest BCUT2D eigenvalue weighted by atomic mass is 16.2. The molecule has 0 unspecified atom stereocenters. The average Bonchev–Trinajstić information content (AvgIpc) is 2.76. The van der Waals surface area contributed by atoms with E-state index in [-0.39, 0.29) is 5.91 Å². The maximum atomic E-state index is 12.7. The van der Waals surface area contributed by atoms with Crippen LogP contribution in [0.15, 0.2) is 24.3 Å². The van der Waals surface area contributed by atoms with Gasteiger partial charge in [0.1, 0.15) is 0 Å². The summed E-state index contributed by atoms with van der Waals surface area (Å²) in [6, 6.07) is 8.18. The number of anilines is 2. The summed E-state index contributed by atoms with van der Waals surface area (Å²) in [6.45, 7) is 6.20. The van der Waals surface area contributed by atoms with Gasteiger partial charge in [0.15, 0.2) is 0 Å². The van der Waals surface area contributed by atoms with Gasteiger partial charge in [-0.3, -0.25) is 9.69 Å². The van der Waals surface area contributed by atoms with Gasteiger partial charge >= 0.3 is 0 Å². The lowest BCUT2D eigenvalue weighted by Gasteiger charge is -2.36. The molecule has 1 saturated heterocycles. The number of rotatable bonds is 2. The quantitative estimate of drug-likeness (QED) is 0.872. The minimum atomic E-state index is 0.220. The van der Waals surface area contributed by atoms with Crippen molar-refractivity contribution in [3.63, 3.8) is 0 Å². The monoisotopic (exact) mass is 288 g/mol. The fourth-order valence-corrected chi connectivity index (χ4v) is 3.10. The largest absolute Gasteiger partial charge is 0.371 e. The number of fused-ring (bicyclic) bond motifs is 1. The second-order valence-corrected chi connectivity index (χ2v) is 5.84. The molecule has 0 spiro atoms. The molecule has 3 rings (SSSR count). The molecule has 0 radical (unpaired) electrons. The van der Waals surface area contributed by atoms with Crippen molar-refractivity contribution in [3.05, 3.63) is 24.3 Å². The maximum Gasteiger partial charge on any atom is 0.241 e. The maximum absolute atomic E-state index is 12.7. The number of para-hydroxylation sites is 2. The zero-order chi connectivity index (χ0) is 14.7. The highest BCUT2D eigenvalue weighted by Crippen LogP contribution is 2.31. The molecule has 2 aliphatic heterocycles. The average molecular weight is 288 g/mol. The summed E-state index contributed by atoms with van der Waals surface area (Å²) < 4.78 is 0. The van der Waals surface area contributed by atoms with E-state index in [1.165, 1.54) is 0 Å². The van der Waals surface area contributed by atoms with E-state index in [9.17, 15) is 4.79 Å². The molecule has 0 saturated carbocycles. The molecule has 0 bridgehead atoms. The predicted molar refractivity (Wildman–Crippen MR) is 86.0 cm³/mol. The van der Waals surface area contributed by atoms with E-state index in [4.69, 9.17) is 0 Å². The second kappa shape index (κ2) is 6.45. The summed E-state index contributed by atoms with van der Waals surface area (Å²) >= 11 is 0. The smallest absolute Gasteiger partial charge is 0.241 e. The topological polar surface area (TPSA) is 38.8 Å². The van der Waals surface area contributed by atoms with Crippen LogP contribution in [0.2, 0.25) is 0 Å². The van der Waals surface area contributed by atoms with Crippen LogP contribution < -0.4 is 15.1 Å². The summed E-state index contributed by atoms with van der Waals surface area (Å²) in [5, 5.41) is 3.38. The Labute approximate surface area is 126 Å². The Balaban J connectivity index is 1.71. The lowest BCUT2D eigenvalue weighted by Crippen LogP contribution is -2.47. The molecular formula is C16H24N4O. The third-order valence-electron chi connectivity index (χ3n) is 4.34. The Hall–Kier alpha value is -1.59. The fraction of sp³-hybridized carbons (Fsp3) is 0.562. The molecule has 1 aromatic carbocycles. The Kier molecular flexibility index (Phi) is 4.41. The number of nitrogens with one attached hydrogen (secondary N) is 1. The van der Waals surface area contributed by atoms with Gasteiger partial charge in [-0.2, -0.15) is 0 Å². The summed E-state index contributed by atoms with van der Waals surface area (Å²) in [4.78, 5) is 19.1. The predicted octanol–water partition coefficient (Wildman–Crippen LogP) is 0.765. The van der Waals surface area contributed by atoms with Gasteiger partial charge in [0.25, 0.3) is 0 Å². The van der Waals surface area contributed by atoms with Gasteiger partial charge in [-0.05, 0) is 31.6 Å². The molecule has 0 aliphatic carbocycles. The fourth-order valence-electron chi connectivity index (χ4n) is 3.10. The summed E-state index contributed by atoms with van der Waals surface area (Å²) in [7, 11) is 2.08. The molecule has 1 N–H and O–H groups in total. The van der Waals surface area contributed by atoms with Crippen LogP contribution in [0, 0.1) is 0 Å². The van der Waals surface area contributed by atoms with E-state index in [0.717, 1.165) is 57.1 Å². The highest BCUT2D eigenvalue weighted by Gasteiger charge is 2.26. The molecule has 2 heterocycles. The van der Waals surface area contributed by atoms with E-state index in [0.29, 0.717) is 6.54 Å². The lowest BCUT2D eigenvalue weighted by molar-refractivity contribution is -0.119. The molecule has 21 heavy (non-hydrogen) atoms. The third kappa shape index (κ3) is 3.19. The number of benzene rings is 1. The van der Waals surface area contributed by atoms with Crippen LogP contribution in [0.5, 0.6) is 0 Å². The zero-order valence-corrected chi connectivity index (χ0v) is 12.7. The highest BCUT2D eigenvalue weighted by molar-refractivity contribution is 5.98. The van der Waals surface area contributed by atoms with Gasteiger partial charge in [-0.15, -0.1) is 0 Å². The minimum Gasteiger partial charge on any atom is -0.371 e. The van der Waals surface area contributed by atoms with Crippen molar-refractivity contribution in [2.24, 2.45) is 0 Å². The first-order chi connectivity index (χ1) is 10.3. The molecule has 5 nitrogen and oxygen atoms in total. The number of hydrogen-bond acceptors (Lipinski definition) is 4. The van der Waals surface area contributed by atoms with Crippen LogP contribution in [0.25, 0.3) is 0 Å². The number of carbonyl (C=O) groups excluding carboxylic acids is 1. The van der Waals surface area contributed by atoms with E-state index in [2.05, 4.69) is 28.2 Å². The first-order valence-electron chi connectivity index (χ1n) is 7.79. The zero-order valence-electron chi connectivity index (χ0n) is 12.7. The van der Waals surface area contributed by atoms with Crippen molar-refractivity contribution in [1.29, 1.82) is 0 Å². The van der Waals surface area contributed by atoms with Crippen LogP contribution in [-0.2, 0) is 4.79 Å². The van der Waals surface area contributed by atoms with E-state index < -0.39 is 0 Å². The molecular weight excluding hydrogens is 264 g/mol. The number of amides is 1. The SMILES string of the molecule is CN1CCN(C(=O)CN2CCCNCC2)c2ccccc21. The molecule has 114 valence electrons. The van der Waals surface area contributed by atoms with Crippen LogP contribution in [0.4, 0.5) is 11.4 Å². The molecule has 0 atom stereocenters. The van der Waals surface area contributed by atoms with Crippen molar-refractivity contribution < 1.29 is 4.79 Å². The van der Waals surface area contributed by atoms with E-state index in [1.807, 2.05) is 23.1 Å². The van der Waals surface area contributed by atoms with Gasteiger partial charge in [0, 0.05) is 33.2 Å². The first-order valence-corrected chi connectivity index (χ1v) is 7.79. The number of nitrogens with zero attached hydrogens (tertiary/aromatic N) is 3. The Bertz CT molecular complexity index is 497. The van der Waals surface area contributed by atoms with Crippen LogP contribution in [0.1, 0.15) is 6.42 Å². The second-order valence-electron chi connectivity index (χ2n) is 5.84. The van der Waals surface area contributed by atoms with Crippen LogP contribution in [-0.4, -0.2) is 63.7 Å². The van der Waals surface area contributed by atoms with Crippen molar-refractivity contribution >= 4 is 17.3 Å². The molecule has 1 fully saturated rings. The number of hydrogen-bond donors (Lipinski definition) is 1. The third-order valence-corrected chi connectivity index (χ3v) is 4.34. The normalized spacial score (nSPS) is 20.0. The summed E-state index contributed by atoms with van der Waals surface area (Å²) in [5.41, 5.74) is 2.19. The first kappa shape index (κ1) is 14.4. The van der Waals surface area contributed by atoms with E-state index in [1.54, 1.807) is 0 Å². The molecule has 1 aromatic rings. The molecule has 2 aliphatic rings. The summed E-state index contributed by atoms with van der Waals surface area (Å²) in [6.07, 6.45) is 1.12. The van der Waals surface area contributed by atoms with Crippen molar-refractivity contribution in [2.75, 3.05) is 62.7 Å². The van der Waals surface area contributed by atoms with Gasteiger partial charge in [-0.1, -0.05) is 12.1 Å². The van der Waals surface area contributed by atoms with Gasteiger partial charge in [0.2, 0.25) is 5.91 Å². The van der Waals surface area contributed by atoms with Gasteiger partial charge in [-0.25, -0.2) is 0 Å². The Morgan fingerprint density at radius 2 is 1.90 bits per heavy atom. The van der Waals surface area contributed by atoms with Crippen molar-refractivity contribution in [3.8, 4) is 0 Å². The summed E-state index contributed by atoms with van der Waals surface area (Å²) in [5.74, 6) is 0.220. The van der Waals surface area contributed by atoms with Crippen LogP contribution in [0.3, 0.4) is 0 Å². The minimum absolute atomic E-state index is 0.220. The number of carbonyl (C=O) groups is 1. The Morgan fingerprint density at radius 1 is 1.10 bits per heavy atom. The molecule has 1 amide bonds. The van der Waals surface area contributed by atoms with Gasteiger partial charge < -0.3 is 15.1 Å². The van der Waals surface area contributed by atoms with Crippen molar-refractivity contribution in [1.82, 2.24) is 10.2 Å². The Morgan fingerprint density at radius 3 is 2.76 bits per heavy atom. The lowest BCUT2D eigenvalue weighted by atomic mass is 10.1. The molecule has 5 heteroatoms. The van der Waals surface area contributed by atoms with Gasteiger partial charge in [0.05, 0.1) is 17.9 Å². The van der Waals surface area contributed by atoms with Crippen molar-refractivity contribution in [2.45, 2.75) is 6.42 Å². The number of likely N-dealkylation sites (N-methyl/N-ethyl adjacent to an activating group) is 1. The van der Waals surface area contributed by atoms with Crippen LogP contribution >= 0.6 is 0 Å². The van der Waals surface area contributed by atoms with E-state index >= 15 is 0 Å².